The number of nitrogens with two attached hydrogens (primary N) is 1. The minimum Gasteiger partial charge on any atom is -0.383 e. The van der Waals surface area contributed by atoms with Gasteiger partial charge in [-0.1, -0.05) is 0 Å². The molecule has 19 heavy (non-hydrogen) atoms. The molecule has 1 saturated carbocycles. The monoisotopic (exact) mass is 263 g/mol. The van der Waals surface area contributed by atoms with E-state index in [0.717, 1.165) is 30.2 Å². The van der Waals surface area contributed by atoms with Crippen LogP contribution in [0.25, 0.3) is 0 Å². The number of nitrogens with zero attached hydrogens (tertiary/aromatic N) is 3. The second-order valence-corrected chi connectivity index (χ2v) is 5.85. The summed E-state index contributed by atoms with van der Waals surface area (Å²) in [7, 11) is 4.18. The topological polar surface area (TPSA) is 67.1 Å². The van der Waals surface area contributed by atoms with Gasteiger partial charge in [0.2, 0.25) is 0 Å². The van der Waals surface area contributed by atoms with Gasteiger partial charge in [0, 0.05) is 17.5 Å². The molecule has 5 nitrogen and oxygen atoms in total. The third-order valence-corrected chi connectivity index (χ3v) is 3.54. The van der Waals surface area contributed by atoms with Crippen molar-refractivity contribution in [2.24, 2.45) is 0 Å². The van der Waals surface area contributed by atoms with E-state index >= 15 is 0 Å². The summed E-state index contributed by atoms with van der Waals surface area (Å²) in [6.07, 6.45) is 3.46. The zero-order valence-corrected chi connectivity index (χ0v) is 12.4. The summed E-state index contributed by atoms with van der Waals surface area (Å²) in [6.45, 7) is 5.22. The van der Waals surface area contributed by atoms with Crippen molar-refractivity contribution < 1.29 is 0 Å². The first-order valence-electron chi connectivity index (χ1n) is 7.02. The Balaban J connectivity index is 2.05. The van der Waals surface area contributed by atoms with Crippen molar-refractivity contribution >= 4 is 11.6 Å². The van der Waals surface area contributed by atoms with Gasteiger partial charge in [-0.25, -0.2) is 9.97 Å². The molecule has 0 radical (unpaired) electrons. The molecule has 0 saturated heterocycles. The minimum absolute atomic E-state index is 0.377. The molecule has 1 aromatic rings. The number of nitrogens with one attached hydrogen (secondary N) is 1. The van der Waals surface area contributed by atoms with Crippen LogP contribution < -0.4 is 11.1 Å². The summed E-state index contributed by atoms with van der Waals surface area (Å²) in [5, 5.41) is 3.47. The van der Waals surface area contributed by atoms with E-state index in [2.05, 4.69) is 41.2 Å². The zero-order valence-electron chi connectivity index (χ0n) is 12.4. The summed E-state index contributed by atoms with van der Waals surface area (Å²) in [4.78, 5) is 11.2. The first kappa shape index (κ1) is 14.1. The van der Waals surface area contributed by atoms with E-state index < -0.39 is 0 Å². The van der Waals surface area contributed by atoms with Crippen molar-refractivity contribution in [3.8, 4) is 0 Å². The molecule has 3 N–H and O–H groups in total. The second-order valence-electron chi connectivity index (χ2n) is 5.85. The molecule has 0 spiro atoms. The molecule has 1 fully saturated rings. The maximum absolute atomic E-state index is 5.99. The van der Waals surface area contributed by atoms with E-state index in [4.69, 9.17) is 5.73 Å². The molecule has 1 aliphatic rings. The molecule has 1 aromatic heterocycles. The standard InChI is InChI=1S/C14H25N5/c1-9(7-8-19(3)4)16-13-10(2)12(15)17-14(18-13)11-5-6-11/h9,11H,5-8H2,1-4H3,(H3,15,16,17,18). The largest absolute Gasteiger partial charge is 0.383 e. The van der Waals surface area contributed by atoms with Crippen LogP contribution in [-0.2, 0) is 0 Å². The third kappa shape index (κ3) is 3.80. The molecular formula is C14H25N5. The molecule has 5 heteroatoms. The van der Waals surface area contributed by atoms with Gasteiger partial charge in [-0.2, -0.15) is 0 Å². The first-order valence-corrected chi connectivity index (χ1v) is 7.02. The average molecular weight is 263 g/mol. The van der Waals surface area contributed by atoms with E-state index in [9.17, 15) is 0 Å². The maximum Gasteiger partial charge on any atom is 0.136 e. The highest BCUT2D eigenvalue weighted by atomic mass is 15.1. The van der Waals surface area contributed by atoms with Gasteiger partial charge in [-0.3, -0.25) is 0 Å². The number of nitrogen functional groups attached to an aromatic ring is 1. The van der Waals surface area contributed by atoms with Crippen molar-refractivity contribution in [1.82, 2.24) is 14.9 Å². The van der Waals surface area contributed by atoms with Crippen LogP contribution in [0.2, 0.25) is 0 Å². The minimum atomic E-state index is 0.377. The van der Waals surface area contributed by atoms with Crippen LogP contribution in [0.3, 0.4) is 0 Å². The van der Waals surface area contributed by atoms with Crippen LogP contribution in [0.4, 0.5) is 11.6 Å². The second kappa shape index (κ2) is 5.74. The van der Waals surface area contributed by atoms with Crippen LogP contribution in [-0.4, -0.2) is 41.5 Å². The highest BCUT2D eigenvalue weighted by Crippen LogP contribution is 2.39. The van der Waals surface area contributed by atoms with Gasteiger partial charge in [-0.05, 0) is 53.8 Å². The predicted octanol–water partition coefficient (Wildman–Crippen LogP) is 2.00. The quantitative estimate of drug-likeness (QED) is 0.821. The SMILES string of the molecule is Cc1c(N)nc(C2CC2)nc1NC(C)CCN(C)C. The lowest BCUT2D eigenvalue weighted by atomic mass is 10.2. The van der Waals surface area contributed by atoms with E-state index in [1.165, 1.54) is 12.8 Å². The normalized spacial score (nSPS) is 16.7. The van der Waals surface area contributed by atoms with Gasteiger partial charge in [-0.15, -0.1) is 0 Å². The molecule has 0 amide bonds. The number of anilines is 2. The smallest absolute Gasteiger partial charge is 0.136 e. The molecule has 2 rings (SSSR count). The Morgan fingerprint density at radius 2 is 2.05 bits per heavy atom. The zero-order chi connectivity index (χ0) is 14.0. The van der Waals surface area contributed by atoms with Crippen molar-refractivity contribution in [3.63, 3.8) is 0 Å². The van der Waals surface area contributed by atoms with Crippen molar-refractivity contribution in [2.75, 3.05) is 31.7 Å². The van der Waals surface area contributed by atoms with Gasteiger partial charge >= 0.3 is 0 Å². The van der Waals surface area contributed by atoms with Crippen LogP contribution in [0, 0.1) is 6.92 Å². The molecular weight excluding hydrogens is 238 g/mol. The lowest BCUT2D eigenvalue weighted by Crippen LogP contribution is -2.24. The van der Waals surface area contributed by atoms with Crippen LogP contribution >= 0.6 is 0 Å². The fourth-order valence-corrected chi connectivity index (χ4v) is 1.97. The molecule has 106 valence electrons. The van der Waals surface area contributed by atoms with Crippen molar-refractivity contribution in [3.05, 3.63) is 11.4 Å². The molecule has 1 atom stereocenters. The van der Waals surface area contributed by atoms with Gasteiger partial charge in [0.25, 0.3) is 0 Å². The Hall–Kier alpha value is -1.36. The fraction of sp³-hybridized carbons (Fsp3) is 0.714. The lowest BCUT2D eigenvalue weighted by molar-refractivity contribution is 0.390. The Bertz CT molecular complexity index is 440. The fourth-order valence-electron chi connectivity index (χ4n) is 1.97. The Labute approximate surface area is 115 Å². The molecule has 1 heterocycles. The highest BCUT2D eigenvalue weighted by Gasteiger charge is 2.28. The number of hydrogen-bond acceptors (Lipinski definition) is 5. The van der Waals surface area contributed by atoms with E-state index in [-0.39, 0.29) is 0 Å². The van der Waals surface area contributed by atoms with Gasteiger partial charge < -0.3 is 16.0 Å². The van der Waals surface area contributed by atoms with Gasteiger partial charge in [0.1, 0.15) is 17.5 Å². The molecule has 1 unspecified atom stereocenters. The lowest BCUT2D eigenvalue weighted by Gasteiger charge is -2.19. The summed E-state index contributed by atoms with van der Waals surface area (Å²) < 4.78 is 0. The molecule has 0 aliphatic heterocycles. The first-order chi connectivity index (χ1) is 8.97. The highest BCUT2D eigenvalue weighted by molar-refractivity contribution is 5.55. The average Bonchev–Trinajstić information content (AvgIpc) is 3.16. The maximum atomic E-state index is 5.99. The van der Waals surface area contributed by atoms with Crippen LogP contribution in [0.5, 0.6) is 0 Å². The predicted molar refractivity (Wildman–Crippen MR) is 79.4 cm³/mol. The van der Waals surface area contributed by atoms with E-state index in [1.807, 2.05) is 6.92 Å². The van der Waals surface area contributed by atoms with Crippen LogP contribution in [0.15, 0.2) is 0 Å². The van der Waals surface area contributed by atoms with Crippen molar-refractivity contribution in [2.45, 2.75) is 45.1 Å². The summed E-state index contributed by atoms with van der Waals surface area (Å²) in [6, 6.07) is 0.377. The van der Waals surface area contributed by atoms with Crippen molar-refractivity contribution in [1.29, 1.82) is 0 Å². The van der Waals surface area contributed by atoms with Gasteiger partial charge in [0.05, 0.1) is 0 Å². The third-order valence-electron chi connectivity index (χ3n) is 3.54. The molecule has 0 bridgehead atoms. The summed E-state index contributed by atoms with van der Waals surface area (Å²) >= 11 is 0. The summed E-state index contributed by atoms with van der Waals surface area (Å²) in [5.41, 5.74) is 6.94. The van der Waals surface area contributed by atoms with Crippen LogP contribution in [0.1, 0.15) is 43.5 Å². The number of rotatable bonds is 6. The van der Waals surface area contributed by atoms with E-state index in [0.29, 0.717) is 17.8 Å². The number of hydrogen-bond donors (Lipinski definition) is 2. The number of aromatic nitrogens is 2. The van der Waals surface area contributed by atoms with Gasteiger partial charge in [0.15, 0.2) is 0 Å². The summed E-state index contributed by atoms with van der Waals surface area (Å²) in [5.74, 6) is 2.95. The van der Waals surface area contributed by atoms with E-state index in [1.54, 1.807) is 0 Å². The molecule has 1 aliphatic carbocycles. The Morgan fingerprint density at radius 1 is 1.37 bits per heavy atom. The Morgan fingerprint density at radius 3 is 2.63 bits per heavy atom. The Kier molecular flexibility index (Phi) is 4.24. The molecule has 0 aromatic carbocycles.